The van der Waals surface area contributed by atoms with Gasteiger partial charge in [-0.1, -0.05) is 30.3 Å². The lowest BCUT2D eigenvalue weighted by molar-refractivity contribution is 0.0954. The highest BCUT2D eigenvalue weighted by atomic mass is 16.5. The molecular weight excluding hydrogens is 364 g/mol. The quantitative estimate of drug-likeness (QED) is 0.372. The molecule has 0 aliphatic rings. The van der Waals surface area contributed by atoms with Gasteiger partial charge in [-0.05, 0) is 56.4 Å². The van der Waals surface area contributed by atoms with E-state index in [0.717, 1.165) is 24.2 Å². The Balaban J connectivity index is 1.73. The first kappa shape index (κ1) is 18.8. The molecule has 0 radical (unpaired) electrons. The number of hydrogen-bond donors (Lipinski definition) is 2. The van der Waals surface area contributed by atoms with E-state index in [1.807, 2.05) is 67.7 Å². The lowest BCUT2D eigenvalue weighted by Crippen LogP contribution is -2.26. The summed E-state index contributed by atoms with van der Waals surface area (Å²) in [5, 5.41) is 6.02. The highest BCUT2D eigenvalue weighted by Gasteiger charge is 2.14. The van der Waals surface area contributed by atoms with Crippen molar-refractivity contribution in [2.45, 2.75) is 6.42 Å². The molecule has 0 spiro atoms. The van der Waals surface area contributed by atoms with Gasteiger partial charge in [0.1, 0.15) is 16.8 Å². The van der Waals surface area contributed by atoms with Crippen molar-refractivity contribution >= 4 is 28.0 Å². The lowest BCUT2D eigenvalue weighted by atomic mass is 10.1. The van der Waals surface area contributed by atoms with Crippen LogP contribution in [0.5, 0.6) is 11.5 Å². The fraction of sp³-hybridized carbons (Fsp3) is 0.174. The maximum absolute atomic E-state index is 12.7. The standard InChI is InChI=1S/C23H22N4O2/c1-24-14-7-15-25-23(28)17-10-5-11-18-21(17)27-22-19(26-18)12-6-13-20(22)29-16-8-3-2-4-9-16/h2-6,8-13,24H,7,14-15H2,1H3,(H,25,28). The minimum atomic E-state index is -0.151. The van der Waals surface area contributed by atoms with Crippen LogP contribution < -0.4 is 15.4 Å². The van der Waals surface area contributed by atoms with Crippen LogP contribution >= 0.6 is 0 Å². The molecule has 0 saturated heterocycles. The van der Waals surface area contributed by atoms with Gasteiger partial charge in [0, 0.05) is 6.54 Å². The maximum atomic E-state index is 12.7. The SMILES string of the molecule is CNCCCNC(=O)c1cccc2nc3cccc(Oc4ccccc4)c3nc12. The molecule has 146 valence electrons. The molecule has 2 N–H and O–H groups in total. The minimum Gasteiger partial charge on any atom is -0.455 e. The van der Waals surface area contributed by atoms with E-state index in [-0.39, 0.29) is 5.91 Å². The molecule has 1 heterocycles. The Bertz CT molecular complexity index is 1150. The second kappa shape index (κ2) is 8.67. The fourth-order valence-electron chi connectivity index (χ4n) is 3.14. The van der Waals surface area contributed by atoms with Gasteiger partial charge in [-0.15, -0.1) is 0 Å². The van der Waals surface area contributed by atoms with Crippen molar-refractivity contribution in [3.8, 4) is 11.5 Å². The van der Waals surface area contributed by atoms with Gasteiger partial charge in [0.15, 0.2) is 5.75 Å². The van der Waals surface area contributed by atoms with E-state index in [2.05, 4.69) is 10.6 Å². The van der Waals surface area contributed by atoms with Crippen molar-refractivity contribution in [3.63, 3.8) is 0 Å². The Morgan fingerprint density at radius 1 is 0.862 bits per heavy atom. The average Bonchev–Trinajstić information content (AvgIpc) is 2.76. The number of amides is 1. The van der Waals surface area contributed by atoms with Gasteiger partial charge in [0.05, 0.1) is 16.6 Å². The molecule has 0 fully saturated rings. The molecule has 4 aromatic rings. The zero-order valence-corrected chi connectivity index (χ0v) is 16.2. The van der Waals surface area contributed by atoms with Crippen LogP contribution in [0, 0.1) is 0 Å². The van der Waals surface area contributed by atoms with Gasteiger partial charge >= 0.3 is 0 Å². The van der Waals surface area contributed by atoms with E-state index >= 15 is 0 Å². The Labute approximate surface area is 168 Å². The monoisotopic (exact) mass is 386 g/mol. The summed E-state index contributed by atoms with van der Waals surface area (Å²) in [6.45, 7) is 1.44. The predicted molar refractivity (Wildman–Crippen MR) is 114 cm³/mol. The minimum absolute atomic E-state index is 0.151. The summed E-state index contributed by atoms with van der Waals surface area (Å²) in [5.41, 5.74) is 3.10. The number of nitrogens with one attached hydrogen (secondary N) is 2. The Kier molecular flexibility index (Phi) is 5.63. The molecule has 6 nitrogen and oxygen atoms in total. The molecule has 0 aliphatic heterocycles. The molecule has 0 atom stereocenters. The molecule has 0 saturated carbocycles. The molecule has 0 unspecified atom stereocenters. The van der Waals surface area contributed by atoms with Crippen LogP contribution in [0.2, 0.25) is 0 Å². The largest absolute Gasteiger partial charge is 0.455 e. The smallest absolute Gasteiger partial charge is 0.253 e. The van der Waals surface area contributed by atoms with Crippen LogP contribution in [-0.4, -0.2) is 36.0 Å². The van der Waals surface area contributed by atoms with Crippen molar-refractivity contribution in [3.05, 3.63) is 72.3 Å². The lowest BCUT2D eigenvalue weighted by Gasteiger charge is -2.11. The van der Waals surface area contributed by atoms with Crippen LogP contribution in [0.3, 0.4) is 0 Å². The van der Waals surface area contributed by atoms with E-state index in [0.29, 0.717) is 34.4 Å². The molecule has 0 bridgehead atoms. The highest BCUT2D eigenvalue weighted by Crippen LogP contribution is 2.29. The zero-order valence-electron chi connectivity index (χ0n) is 16.2. The number of rotatable bonds is 7. The molecule has 1 amide bonds. The molecular formula is C23H22N4O2. The van der Waals surface area contributed by atoms with E-state index < -0.39 is 0 Å². The van der Waals surface area contributed by atoms with Gasteiger partial charge in [-0.25, -0.2) is 9.97 Å². The first-order valence-corrected chi connectivity index (χ1v) is 9.61. The molecule has 6 heteroatoms. The van der Waals surface area contributed by atoms with Gasteiger partial charge in [0.25, 0.3) is 5.91 Å². The summed E-state index contributed by atoms with van der Waals surface area (Å²) in [7, 11) is 1.89. The van der Waals surface area contributed by atoms with Crippen LogP contribution in [0.4, 0.5) is 0 Å². The summed E-state index contributed by atoms with van der Waals surface area (Å²) in [4.78, 5) is 22.2. The normalized spacial score (nSPS) is 10.9. The van der Waals surface area contributed by atoms with Crippen LogP contribution in [0.25, 0.3) is 22.1 Å². The summed E-state index contributed by atoms with van der Waals surface area (Å²) < 4.78 is 6.02. The van der Waals surface area contributed by atoms with Crippen molar-refractivity contribution in [2.75, 3.05) is 20.1 Å². The van der Waals surface area contributed by atoms with E-state index in [1.54, 1.807) is 6.07 Å². The number of fused-ring (bicyclic) bond motifs is 2. The van der Waals surface area contributed by atoms with Gasteiger partial charge in [-0.3, -0.25) is 4.79 Å². The third kappa shape index (κ3) is 4.17. The summed E-state index contributed by atoms with van der Waals surface area (Å²) in [5.74, 6) is 1.17. The third-order valence-corrected chi connectivity index (χ3v) is 4.56. The number of hydrogen-bond acceptors (Lipinski definition) is 5. The predicted octanol–water partition coefficient (Wildman–Crippen LogP) is 3.91. The Hall–Kier alpha value is -3.51. The molecule has 29 heavy (non-hydrogen) atoms. The van der Waals surface area contributed by atoms with Crippen molar-refractivity contribution in [1.29, 1.82) is 0 Å². The molecule has 3 aromatic carbocycles. The number of ether oxygens (including phenoxy) is 1. The zero-order chi connectivity index (χ0) is 20.1. The second-order valence-corrected chi connectivity index (χ2v) is 6.65. The Morgan fingerprint density at radius 3 is 2.41 bits per heavy atom. The first-order chi connectivity index (χ1) is 14.3. The summed E-state index contributed by atoms with van der Waals surface area (Å²) in [6.07, 6.45) is 0.858. The summed E-state index contributed by atoms with van der Waals surface area (Å²) >= 11 is 0. The van der Waals surface area contributed by atoms with Crippen LogP contribution in [-0.2, 0) is 0 Å². The highest BCUT2D eigenvalue weighted by molar-refractivity contribution is 6.06. The molecule has 0 aliphatic carbocycles. The number of benzene rings is 3. The third-order valence-electron chi connectivity index (χ3n) is 4.56. The average molecular weight is 386 g/mol. The van der Waals surface area contributed by atoms with Crippen molar-refractivity contribution in [2.24, 2.45) is 0 Å². The van der Waals surface area contributed by atoms with Crippen LogP contribution in [0.15, 0.2) is 66.7 Å². The number of nitrogens with zero attached hydrogens (tertiary/aromatic N) is 2. The van der Waals surface area contributed by atoms with E-state index in [9.17, 15) is 4.79 Å². The van der Waals surface area contributed by atoms with Crippen molar-refractivity contribution in [1.82, 2.24) is 20.6 Å². The molecule has 4 rings (SSSR count). The number of para-hydroxylation sites is 3. The number of aromatic nitrogens is 2. The topological polar surface area (TPSA) is 76.1 Å². The first-order valence-electron chi connectivity index (χ1n) is 9.61. The van der Waals surface area contributed by atoms with Crippen LogP contribution in [0.1, 0.15) is 16.8 Å². The van der Waals surface area contributed by atoms with Gasteiger partial charge < -0.3 is 15.4 Å². The van der Waals surface area contributed by atoms with Crippen molar-refractivity contribution < 1.29 is 9.53 Å². The fourth-order valence-corrected chi connectivity index (χ4v) is 3.14. The van der Waals surface area contributed by atoms with E-state index in [4.69, 9.17) is 14.7 Å². The second-order valence-electron chi connectivity index (χ2n) is 6.65. The number of carbonyl (C=O) groups excluding carboxylic acids is 1. The Morgan fingerprint density at radius 2 is 1.62 bits per heavy atom. The number of carbonyl (C=O) groups is 1. The van der Waals surface area contributed by atoms with Gasteiger partial charge in [0.2, 0.25) is 0 Å². The molecule has 1 aromatic heterocycles. The van der Waals surface area contributed by atoms with Gasteiger partial charge in [-0.2, -0.15) is 0 Å². The van der Waals surface area contributed by atoms with E-state index in [1.165, 1.54) is 0 Å². The summed E-state index contributed by atoms with van der Waals surface area (Å²) in [6, 6.07) is 20.6. The maximum Gasteiger partial charge on any atom is 0.253 e.